The average Bonchev–Trinajstić information content (AvgIpc) is 2.52. The summed E-state index contributed by atoms with van der Waals surface area (Å²) >= 11 is 4.91. The second-order valence-electron chi connectivity index (χ2n) is 5.01. The second-order valence-corrected chi connectivity index (χ2v) is 5.45. The predicted molar refractivity (Wildman–Crippen MR) is 75.5 cm³/mol. The van der Waals surface area contributed by atoms with E-state index in [1.165, 1.54) is 4.90 Å². The van der Waals surface area contributed by atoms with Crippen molar-refractivity contribution in [3.05, 3.63) is 35.4 Å². The third-order valence-electron chi connectivity index (χ3n) is 3.00. The highest BCUT2D eigenvalue weighted by atomic mass is 32.1. The highest BCUT2D eigenvalue weighted by molar-refractivity contribution is 7.80. The molecule has 1 aromatic carbocycles. The van der Waals surface area contributed by atoms with Crippen LogP contribution < -0.4 is 11.1 Å². The van der Waals surface area contributed by atoms with Crippen molar-refractivity contribution in [3.63, 3.8) is 0 Å². The summed E-state index contributed by atoms with van der Waals surface area (Å²) in [5.41, 5.74) is 6.24. The molecule has 0 unspecified atom stereocenters. The van der Waals surface area contributed by atoms with Crippen LogP contribution in [-0.4, -0.2) is 27.4 Å². The van der Waals surface area contributed by atoms with Gasteiger partial charge < -0.3 is 11.1 Å². The van der Waals surface area contributed by atoms with Gasteiger partial charge in [-0.2, -0.15) is 0 Å². The van der Waals surface area contributed by atoms with Crippen molar-refractivity contribution in [1.82, 2.24) is 10.2 Å². The Labute approximate surface area is 116 Å². The molecule has 1 aliphatic rings. The summed E-state index contributed by atoms with van der Waals surface area (Å²) in [5.74, 6) is -0.238. The van der Waals surface area contributed by atoms with Gasteiger partial charge in [0.2, 0.25) is 0 Å². The highest BCUT2D eigenvalue weighted by Crippen LogP contribution is 2.19. The van der Waals surface area contributed by atoms with Gasteiger partial charge in [-0.25, -0.2) is 4.79 Å². The normalized spacial score (nSPS) is 17.5. The van der Waals surface area contributed by atoms with E-state index in [2.05, 4.69) is 5.32 Å². The molecule has 0 radical (unpaired) electrons. The Kier molecular flexibility index (Phi) is 3.28. The largest absolute Gasteiger partial charge is 0.389 e. The van der Waals surface area contributed by atoms with Gasteiger partial charge in [-0.1, -0.05) is 30.4 Å². The summed E-state index contributed by atoms with van der Waals surface area (Å²) in [6, 6.07) is 6.83. The first-order valence-corrected chi connectivity index (χ1v) is 6.25. The third-order valence-corrected chi connectivity index (χ3v) is 3.23. The lowest BCUT2D eigenvalue weighted by atomic mass is 10.1. The molecule has 1 fully saturated rings. The van der Waals surface area contributed by atoms with Crippen molar-refractivity contribution in [2.24, 2.45) is 5.73 Å². The number of carbonyl (C=O) groups is 2. The maximum absolute atomic E-state index is 12.1. The SMILES string of the molecule is CC1(C)NC(=O)N(Cc2cccc(C(N)=S)c2)C1=O. The molecule has 3 N–H and O–H groups in total. The van der Waals surface area contributed by atoms with Crippen LogP contribution >= 0.6 is 12.2 Å². The van der Waals surface area contributed by atoms with Crippen LogP contribution in [0.5, 0.6) is 0 Å². The number of nitrogens with two attached hydrogens (primary N) is 1. The van der Waals surface area contributed by atoms with E-state index in [-0.39, 0.29) is 18.5 Å². The number of rotatable bonds is 3. The van der Waals surface area contributed by atoms with Crippen LogP contribution in [0.1, 0.15) is 25.0 Å². The molecule has 3 amide bonds. The van der Waals surface area contributed by atoms with Crippen molar-refractivity contribution in [3.8, 4) is 0 Å². The molecule has 5 nitrogen and oxygen atoms in total. The molecule has 0 bridgehead atoms. The predicted octanol–water partition coefficient (Wildman–Crippen LogP) is 1.15. The number of benzene rings is 1. The van der Waals surface area contributed by atoms with Gasteiger partial charge in [-0.3, -0.25) is 9.69 Å². The molecular formula is C13H15N3O2S. The van der Waals surface area contributed by atoms with E-state index in [9.17, 15) is 9.59 Å². The molecular weight excluding hydrogens is 262 g/mol. The summed E-state index contributed by atoms with van der Waals surface area (Å²) in [7, 11) is 0. The van der Waals surface area contributed by atoms with E-state index >= 15 is 0 Å². The number of hydrogen-bond acceptors (Lipinski definition) is 3. The molecule has 100 valence electrons. The van der Waals surface area contributed by atoms with Crippen LogP contribution in [-0.2, 0) is 11.3 Å². The third kappa shape index (κ3) is 2.58. The molecule has 0 saturated carbocycles. The first kappa shape index (κ1) is 13.5. The standard InChI is InChI=1S/C13H15N3O2S/c1-13(2)11(17)16(12(18)15-13)7-8-4-3-5-9(6-8)10(14)19/h3-6H,7H2,1-2H3,(H2,14,19)(H,15,18). The fourth-order valence-corrected chi connectivity index (χ4v) is 2.09. The Morgan fingerprint density at radius 3 is 2.63 bits per heavy atom. The molecule has 0 atom stereocenters. The van der Waals surface area contributed by atoms with Crippen LogP contribution in [0.2, 0.25) is 0 Å². The summed E-state index contributed by atoms with van der Waals surface area (Å²) in [5, 5.41) is 2.64. The molecule has 6 heteroatoms. The monoisotopic (exact) mass is 277 g/mol. The Hall–Kier alpha value is -1.95. The zero-order valence-electron chi connectivity index (χ0n) is 10.8. The molecule has 1 aliphatic heterocycles. The lowest BCUT2D eigenvalue weighted by Gasteiger charge is -2.16. The van der Waals surface area contributed by atoms with Gasteiger partial charge in [0.25, 0.3) is 5.91 Å². The van der Waals surface area contributed by atoms with Gasteiger partial charge in [0, 0.05) is 5.56 Å². The Morgan fingerprint density at radius 1 is 1.42 bits per heavy atom. The molecule has 0 spiro atoms. The second kappa shape index (κ2) is 4.62. The molecule has 1 heterocycles. The van der Waals surface area contributed by atoms with Gasteiger partial charge >= 0.3 is 6.03 Å². The van der Waals surface area contributed by atoms with Crippen molar-refractivity contribution < 1.29 is 9.59 Å². The van der Waals surface area contributed by atoms with E-state index in [0.717, 1.165) is 11.1 Å². The van der Waals surface area contributed by atoms with Gasteiger partial charge in [-0.15, -0.1) is 0 Å². The number of thiocarbonyl (C=S) groups is 1. The molecule has 0 aliphatic carbocycles. The maximum Gasteiger partial charge on any atom is 0.325 e. The van der Waals surface area contributed by atoms with Crippen LogP contribution in [0.15, 0.2) is 24.3 Å². The summed E-state index contributed by atoms with van der Waals surface area (Å²) in [6.07, 6.45) is 0. The first-order chi connectivity index (χ1) is 8.81. The quantitative estimate of drug-likeness (QED) is 0.642. The zero-order valence-corrected chi connectivity index (χ0v) is 11.6. The highest BCUT2D eigenvalue weighted by Gasteiger charge is 2.43. The van der Waals surface area contributed by atoms with Crippen molar-refractivity contribution in [2.45, 2.75) is 25.9 Å². The van der Waals surface area contributed by atoms with E-state index in [1.54, 1.807) is 32.0 Å². The lowest BCUT2D eigenvalue weighted by Crippen LogP contribution is -2.40. The average molecular weight is 277 g/mol. The van der Waals surface area contributed by atoms with Crippen LogP contribution in [0.3, 0.4) is 0 Å². The minimum atomic E-state index is -0.849. The number of amides is 3. The van der Waals surface area contributed by atoms with Crippen LogP contribution in [0.4, 0.5) is 4.79 Å². The number of nitrogens with one attached hydrogen (secondary N) is 1. The summed E-state index contributed by atoms with van der Waals surface area (Å²) in [4.78, 5) is 25.3. The van der Waals surface area contributed by atoms with Crippen LogP contribution in [0, 0.1) is 0 Å². The lowest BCUT2D eigenvalue weighted by molar-refractivity contribution is -0.130. The van der Waals surface area contributed by atoms with E-state index in [1.807, 2.05) is 6.07 Å². The minimum absolute atomic E-state index is 0.213. The maximum atomic E-state index is 12.1. The number of urea groups is 1. The minimum Gasteiger partial charge on any atom is -0.389 e. The Balaban J connectivity index is 2.22. The number of imide groups is 1. The Morgan fingerprint density at radius 2 is 2.11 bits per heavy atom. The first-order valence-electron chi connectivity index (χ1n) is 5.84. The Bertz CT molecular complexity index is 569. The van der Waals surface area contributed by atoms with Crippen molar-refractivity contribution in [2.75, 3.05) is 0 Å². The number of nitrogens with zero attached hydrogens (tertiary/aromatic N) is 1. The smallest absolute Gasteiger partial charge is 0.325 e. The van der Waals surface area contributed by atoms with Crippen LogP contribution in [0.25, 0.3) is 0 Å². The molecule has 2 rings (SSSR count). The number of carbonyl (C=O) groups excluding carboxylic acids is 2. The number of hydrogen-bond donors (Lipinski definition) is 2. The molecule has 19 heavy (non-hydrogen) atoms. The molecule has 0 aromatic heterocycles. The van der Waals surface area contributed by atoms with Gasteiger partial charge in [-0.05, 0) is 25.5 Å². The van der Waals surface area contributed by atoms with E-state index in [4.69, 9.17) is 18.0 Å². The van der Waals surface area contributed by atoms with E-state index in [0.29, 0.717) is 4.99 Å². The zero-order chi connectivity index (χ0) is 14.2. The van der Waals surface area contributed by atoms with Gasteiger partial charge in [0.15, 0.2) is 0 Å². The summed E-state index contributed by atoms with van der Waals surface area (Å²) in [6.45, 7) is 3.57. The fraction of sp³-hybridized carbons (Fsp3) is 0.308. The van der Waals surface area contributed by atoms with E-state index < -0.39 is 5.54 Å². The molecule has 1 aromatic rings. The molecule has 1 saturated heterocycles. The van der Waals surface area contributed by atoms with Gasteiger partial charge in [0.05, 0.1) is 6.54 Å². The van der Waals surface area contributed by atoms with Crippen molar-refractivity contribution >= 4 is 29.1 Å². The fourth-order valence-electron chi connectivity index (χ4n) is 1.97. The topological polar surface area (TPSA) is 75.4 Å². The summed E-state index contributed by atoms with van der Waals surface area (Å²) < 4.78 is 0. The van der Waals surface area contributed by atoms with Gasteiger partial charge in [0.1, 0.15) is 10.5 Å². The van der Waals surface area contributed by atoms with Crippen molar-refractivity contribution in [1.29, 1.82) is 0 Å².